The zero-order valence-electron chi connectivity index (χ0n) is 8.62. The second kappa shape index (κ2) is 5.50. The van der Waals surface area contributed by atoms with Crippen molar-refractivity contribution in [1.82, 2.24) is 0 Å². The fourth-order valence-electron chi connectivity index (χ4n) is 1.02. The van der Waals surface area contributed by atoms with Gasteiger partial charge in [0.05, 0.1) is 15.7 Å². The van der Waals surface area contributed by atoms with E-state index in [0.29, 0.717) is 10.6 Å². The van der Waals surface area contributed by atoms with E-state index in [4.69, 9.17) is 5.11 Å². The molecular weight excluding hydrogens is 230 g/mol. The molecule has 0 aliphatic heterocycles. The zero-order chi connectivity index (χ0) is 12.1. The van der Waals surface area contributed by atoms with E-state index in [9.17, 15) is 14.9 Å². The lowest BCUT2D eigenvalue weighted by Crippen LogP contribution is -2.11. The molecule has 1 rings (SSSR count). The Morgan fingerprint density at radius 3 is 2.75 bits per heavy atom. The second-order valence-electron chi connectivity index (χ2n) is 3.28. The molecule has 1 unspecified atom stereocenters. The number of nitro benzene ring substituents is 1. The highest BCUT2D eigenvalue weighted by atomic mass is 32.2. The van der Waals surface area contributed by atoms with Crippen molar-refractivity contribution in [2.45, 2.75) is 11.8 Å². The number of nitro groups is 1. The number of benzene rings is 1. The average Bonchev–Trinajstić information content (AvgIpc) is 2.25. The Morgan fingerprint density at radius 2 is 2.19 bits per heavy atom. The number of rotatable bonds is 5. The van der Waals surface area contributed by atoms with Gasteiger partial charge in [0.25, 0.3) is 5.69 Å². The molecule has 0 saturated carbocycles. The number of carboxylic acid groups (broad SMARTS) is 1. The molecule has 16 heavy (non-hydrogen) atoms. The summed E-state index contributed by atoms with van der Waals surface area (Å²) >= 11 is 1.19. The van der Waals surface area contributed by atoms with Gasteiger partial charge in [0.15, 0.2) is 0 Å². The van der Waals surface area contributed by atoms with Crippen molar-refractivity contribution in [3.8, 4) is 0 Å². The van der Waals surface area contributed by atoms with Gasteiger partial charge in [0.1, 0.15) is 0 Å². The molecule has 1 aromatic rings. The van der Waals surface area contributed by atoms with Crippen LogP contribution in [0.2, 0.25) is 0 Å². The molecule has 0 aromatic heterocycles. The molecule has 0 aliphatic carbocycles. The lowest BCUT2D eigenvalue weighted by Gasteiger charge is -2.05. The van der Waals surface area contributed by atoms with E-state index in [1.807, 2.05) is 0 Å². The van der Waals surface area contributed by atoms with Crippen LogP contribution in [0.15, 0.2) is 29.2 Å². The van der Waals surface area contributed by atoms with Crippen LogP contribution in [-0.4, -0.2) is 21.8 Å². The molecular formula is C10H11NO4S. The van der Waals surface area contributed by atoms with Crippen molar-refractivity contribution >= 4 is 23.4 Å². The Morgan fingerprint density at radius 1 is 1.56 bits per heavy atom. The molecule has 1 atom stereocenters. The minimum Gasteiger partial charge on any atom is -0.481 e. The van der Waals surface area contributed by atoms with Gasteiger partial charge in [-0.25, -0.2) is 0 Å². The minimum atomic E-state index is -0.897. The van der Waals surface area contributed by atoms with Crippen LogP contribution in [0, 0.1) is 16.0 Å². The molecule has 86 valence electrons. The number of carbonyl (C=O) groups is 1. The summed E-state index contributed by atoms with van der Waals surface area (Å²) in [6, 6.07) is 6.31. The molecule has 0 saturated heterocycles. The SMILES string of the molecule is CC(CSc1ccccc1[N+](=O)[O-])C(=O)O. The predicted octanol–water partition coefficient (Wildman–Crippen LogP) is 2.41. The standard InChI is InChI=1S/C10H11NO4S/c1-7(10(12)13)6-16-9-5-3-2-4-8(9)11(14)15/h2-5,7H,6H2,1H3,(H,12,13). The maximum atomic E-state index is 10.7. The highest BCUT2D eigenvalue weighted by Gasteiger charge is 2.16. The Balaban J connectivity index is 2.74. The van der Waals surface area contributed by atoms with Crippen molar-refractivity contribution in [2.24, 2.45) is 5.92 Å². The lowest BCUT2D eigenvalue weighted by molar-refractivity contribution is -0.387. The van der Waals surface area contributed by atoms with Gasteiger partial charge < -0.3 is 5.11 Å². The highest BCUT2D eigenvalue weighted by Crippen LogP contribution is 2.29. The Kier molecular flexibility index (Phi) is 4.30. The van der Waals surface area contributed by atoms with Gasteiger partial charge in [-0.3, -0.25) is 14.9 Å². The molecule has 1 aromatic carbocycles. The van der Waals surface area contributed by atoms with Gasteiger partial charge in [-0.15, -0.1) is 11.8 Å². The summed E-state index contributed by atoms with van der Waals surface area (Å²) < 4.78 is 0. The van der Waals surface area contributed by atoms with Crippen molar-refractivity contribution < 1.29 is 14.8 Å². The topological polar surface area (TPSA) is 80.4 Å². The highest BCUT2D eigenvalue weighted by molar-refractivity contribution is 7.99. The van der Waals surface area contributed by atoms with Crippen LogP contribution < -0.4 is 0 Å². The smallest absolute Gasteiger partial charge is 0.307 e. The van der Waals surface area contributed by atoms with E-state index in [1.165, 1.54) is 17.8 Å². The van der Waals surface area contributed by atoms with E-state index in [0.717, 1.165) is 0 Å². The fraction of sp³-hybridized carbons (Fsp3) is 0.300. The molecule has 1 N–H and O–H groups in total. The van der Waals surface area contributed by atoms with Crippen LogP contribution in [0.3, 0.4) is 0 Å². The quantitative estimate of drug-likeness (QED) is 0.486. The Labute approximate surface area is 96.6 Å². The summed E-state index contributed by atoms with van der Waals surface area (Å²) in [5.74, 6) is -1.10. The fourth-order valence-corrected chi connectivity index (χ4v) is 2.05. The average molecular weight is 241 g/mol. The lowest BCUT2D eigenvalue weighted by atomic mass is 10.2. The number of nitrogens with zero attached hydrogens (tertiary/aromatic N) is 1. The molecule has 0 aliphatic rings. The maximum absolute atomic E-state index is 10.7. The largest absolute Gasteiger partial charge is 0.481 e. The monoisotopic (exact) mass is 241 g/mol. The van der Waals surface area contributed by atoms with Crippen molar-refractivity contribution in [3.63, 3.8) is 0 Å². The van der Waals surface area contributed by atoms with Gasteiger partial charge >= 0.3 is 5.97 Å². The normalized spacial score (nSPS) is 12.1. The van der Waals surface area contributed by atoms with Crippen LogP contribution in [0.1, 0.15) is 6.92 Å². The van der Waals surface area contributed by atoms with E-state index in [-0.39, 0.29) is 5.69 Å². The first-order valence-electron chi connectivity index (χ1n) is 4.61. The summed E-state index contributed by atoms with van der Waals surface area (Å²) in [5, 5.41) is 19.4. The van der Waals surface area contributed by atoms with E-state index >= 15 is 0 Å². The third-order valence-corrected chi connectivity index (χ3v) is 3.30. The number of para-hydroxylation sites is 1. The van der Waals surface area contributed by atoms with Crippen LogP contribution in [-0.2, 0) is 4.79 Å². The molecule has 0 heterocycles. The number of carboxylic acids is 1. The van der Waals surface area contributed by atoms with Crippen LogP contribution in [0.4, 0.5) is 5.69 Å². The van der Waals surface area contributed by atoms with E-state index < -0.39 is 16.8 Å². The Bertz CT molecular complexity index is 408. The van der Waals surface area contributed by atoms with Gasteiger partial charge in [0, 0.05) is 11.8 Å². The number of hydrogen-bond acceptors (Lipinski definition) is 4. The van der Waals surface area contributed by atoms with Crippen LogP contribution >= 0.6 is 11.8 Å². The third kappa shape index (κ3) is 3.23. The van der Waals surface area contributed by atoms with Gasteiger partial charge in [0.2, 0.25) is 0 Å². The van der Waals surface area contributed by atoms with Crippen molar-refractivity contribution in [3.05, 3.63) is 34.4 Å². The van der Waals surface area contributed by atoms with Crippen molar-refractivity contribution in [1.29, 1.82) is 0 Å². The molecule has 0 amide bonds. The van der Waals surface area contributed by atoms with Gasteiger partial charge in [-0.1, -0.05) is 19.1 Å². The summed E-state index contributed by atoms with van der Waals surface area (Å²) in [4.78, 5) is 21.3. The molecule has 5 nitrogen and oxygen atoms in total. The molecule has 0 radical (unpaired) electrons. The van der Waals surface area contributed by atoms with Crippen LogP contribution in [0.25, 0.3) is 0 Å². The van der Waals surface area contributed by atoms with E-state index in [1.54, 1.807) is 25.1 Å². The Hall–Kier alpha value is -1.56. The maximum Gasteiger partial charge on any atom is 0.307 e. The molecule has 0 fully saturated rings. The summed E-state index contributed by atoms with van der Waals surface area (Å²) in [6.07, 6.45) is 0. The number of thioether (sulfide) groups is 1. The first-order valence-corrected chi connectivity index (χ1v) is 5.60. The summed E-state index contributed by atoms with van der Waals surface area (Å²) in [5.41, 5.74) is 0.0186. The predicted molar refractivity (Wildman–Crippen MR) is 60.6 cm³/mol. The summed E-state index contributed by atoms with van der Waals surface area (Å²) in [7, 11) is 0. The first kappa shape index (κ1) is 12.5. The minimum absolute atomic E-state index is 0.0186. The molecule has 0 spiro atoms. The van der Waals surface area contributed by atoms with Gasteiger partial charge in [-0.2, -0.15) is 0 Å². The second-order valence-corrected chi connectivity index (χ2v) is 4.34. The van der Waals surface area contributed by atoms with E-state index in [2.05, 4.69) is 0 Å². The first-order chi connectivity index (χ1) is 7.52. The van der Waals surface area contributed by atoms with Crippen LogP contribution in [0.5, 0.6) is 0 Å². The number of aliphatic carboxylic acids is 1. The van der Waals surface area contributed by atoms with Crippen molar-refractivity contribution in [2.75, 3.05) is 5.75 Å². The number of hydrogen-bond donors (Lipinski definition) is 1. The molecule has 0 bridgehead atoms. The molecule has 6 heteroatoms. The third-order valence-electron chi connectivity index (χ3n) is 1.97. The van der Waals surface area contributed by atoms with Gasteiger partial charge in [-0.05, 0) is 6.07 Å². The summed E-state index contributed by atoms with van der Waals surface area (Å²) in [6.45, 7) is 1.57. The zero-order valence-corrected chi connectivity index (χ0v) is 9.44.